The minimum Gasteiger partial charge on any atom is -0.356 e. The third-order valence-electron chi connectivity index (χ3n) is 2.86. The highest BCUT2D eigenvalue weighted by Gasteiger charge is 2.26. The van der Waals surface area contributed by atoms with Gasteiger partial charge in [-0.2, -0.15) is 0 Å². The Morgan fingerprint density at radius 2 is 2.38 bits per heavy atom. The number of aromatic amines is 1. The molecule has 3 N–H and O–H groups in total. The third-order valence-corrected chi connectivity index (χ3v) is 3.08. The van der Waals surface area contributed by atoms with Gasteiger partial charge in [-0.1, -0.05) is 18.5 Å². The van der Waals surface area contributed by atoms with Gasteiger partial charge >= 0.3 is 0 Å². The zero-order chi connectivity index (χ0) is 11.7. The lowest BCUT2D eigenvalue weighted by atomic mass is 9.96. The molecule has 0 bridgehead atoms. The molecule has 2 unspecified atom stereocenters. The maximum Gasteiger partial charge on any atom is 0.270 e. The van der Waals surface area contributed by atoms with Gasteiger partial charge < -0.3 is 15.6 Å². The maximum absolute atomic E-state index is 12.1. The van der Waals surface area contributed by atoms with Gasteiger partial charge in [-0.25, -0.2) is 0 Å². The van der Waals surface area contributed by atoms with Crippen LogP contribution < -0.4 is 5.73 Å². The van der Waals surface area contributed by atoms with Crippen LogP contribution in [0, 0.1) is 5.92 Å². The van der Waals surface area contributed by atoms with Crippen LogP contribution in [0.5, 0.6) is 0 Å². The molecule has 0 spiro atoms. The van der Waals surface area contributed by atoms with E-state index in [4.69, 9.17) is 17.3 Å². The predicted molar refractivity (Wildman–Crippen MR) is 63.5 cm³/mol. The summed E-state index contributed by atoms with van der Waals surface area (Å²) in [6, 6.07) is 1.73. The van der Waals surface area contributed by atoms with Crippen molar-refractivity contribution in [3.05, 3.63) is 23.0 Å². The van der Waals surface area contributed by atoms with Gasteiger partial charge in [-0.05, 0) is 18.4 Å². The van der Waals surface area contributed by atoms with E-state index in [0.717, 1.165) is 13.0 Å². The summed E-state index contributed by atoms with van der Waals surface area (Å²) < 4.78 is 0. The van der Waals surface area contributed by atoms with Gasteiger partial charge in [0.25, 0.3) is 5.91 Å². The molecule has 0 radical (unpaired) electrons. The monoisotopic (exact) mass is 241 g/mol. The molecule has 1 aliphatic heterocycles. The molecule has 2 atom stereocenters. The number of hydrogen-bond acceptors (Lipinski definition) is 2. The summed E-state index contributed by atoms with van der Waals surface area (Å²) in [5.41, 5.74) is 6.44. The van der Waals surface area contributed by atoms with Crippen molar-refractivity contribution in [3.8, 4) is 0 Å². The Morgan fingerprint density at radius 3 is 2.94 bits per heavy atom. The summed E-state index contributed by atoms with van der Waals surface area (Å²) in [5.74, 6) is 0.437. The zero-order valence-corrected chi connectivity index (χ0v) is 10.00. The van der Waals surface area contributed by atoms with Gasteiger partial charge in [0.05, 0.1) is 5.02 Å². The highest BCUT2D eigenvalue weighted by molar-refractivity contribution is 6.30. The molecular weight excluding hydrogens is 226 g/mol. The lowest BCUT2D eigenvalue weighted by Crippen LogP contribution is -2.48. The van der Waals surface area contributed by atoms with Crippen molar-refractivity contribution < 1.29 is 4.79 Å². The molecule has 0 saturated carbocycles. The highest BCUT2D eigenvalue weighted by Crippen LogP contribution is 2.18. The van der Waals surface area contributed by atoms with Gasteiger partial charge in [0.15, 0.2) is 0 Å². The molecule has 4 nitrogen and oxygen atoms in total. The number of amides is 1. The quantitative estimate of drug-likeness (QED) is 0.782. The predicted octanol–water partition coefficient (Wildman–Crippen LogP) is 1.48. The fourth-order valence-corrected chi connectivity index (χ4v) is 2.39. The minimum absolute atomic E-state index is 0.0195. The van der Waals surface area contributed by atoms with Gasteiger partial charge in [0.1, 0.15) is 5.69 Å². The van der Waals surface area contributed by atoms with Crippen LogP contribution in [0.1, 0.15) is 23.8 Å². The first kappa shape index (κ1) is 11.5. The Bertz CT molecular complexity index is 380. The highest BCUT2D eigenvalue weighted by atomic mass is 35.5. The van der Waals surface area contributed by atoms with Gasteiger partial charge in [-0.3, -0.25) is 4.79 Å². The first-order chi connectivity index (χ1) is 7.56. The van der Waals surface area contributed by atoms with E-state index in [0.29, 0.717) is 23.2 Å². The van der Waals surface area contributed by atoms with E-state index in [1.807, 2.05) is 0 Å². The van der Waals surface area contributed by atoms with Crippen LogP contribution in [0.15, 0.2) is 12.3 Å². The largest absolute Gasteiger partial charge is 0.356 e. The molecule has 88 valence electrons. The van der Waals surface area contributed by atoms with Crippen LogP contribution in [0.25, 0.3) is 0 Å². The van der Waals surface area contributed by atoms with Crippen LogP contribution in [-0.4, -0.2) is 34.9 Å². The van der Waals surface area contributed by atoms with Crippen LogP contribution >= 0.6 is 11.6 Å². The van der Waals surface area contributed by atoms with E-state index in [2.05, 4.69) is 11.9 Å². The Morgan fingerprint density at radius 1 is 1.62 bits per heavy atom. The number of halogens is 1. The molecule has 16 heavy (non-hydrogen) atoms. The average Bonchev–Trinajstić information content (AvgIpc) is 2.62. The summed E-state index contributed by atoms with van der Waals surface area (Å²) >= 11 is 5.77. The molecule has 1 saturated heterocycles. The summed E-state index contributed by atoms with van der Waals surface area (Å²) in [7, 11) is 0. The molecule has 2 heterocycles. The lowest BCUT2D eigenvalue weighted by Gasteiger charge is -2.34. The standard InChI is InChI=1S/C11H16ClN3O/c1-7-2-9(13)6-15(5-7)11(16)10-3-8(12)4-14-10/h3-4,7,9,14H,2,5-6,13H2,1H3. The average molecular weight is 242 g/mol. The first-order valence-corrected chi connectivity index (χ1v) is 5.83. The van der Waals surface area contributed by atoms with Crippen molar-refractivity contribution in [3.63, 3.8) is 0 Å². The van der Waals surface area contributed by atoms with Crippen molar-refractivity contribution in [1.29, 1.82) is 0 Å². The molecule has 0 aliphatic carbocycles. The van der Waals surface area contributed by atoms with Crippen LogP contribution in [0.4, 0.5) is 0 Å². The number of aromatic nitrogens is 1. The molecule has 0 aromatic carbocycles. The van der Waals surface area contributed by atoms with E-state index >= 15 is 0 Å². The first-order valence-electron chi connectivity index (χ1n) is 5.45. The lowest BCUT2D eigenvalue weighted by molar-refractivity contribution is 0.0656. The second-order valence-corrected chi connectivity index (χ2v) is 4.98. The fourth-order valence-electron chi connectivity index (χ4n) is 2.23. The molecule has 5 heteroatoms. The number of hydrogen-bond donors (Lipinski definition) is 2. The number of rotatable bonds is 1. The Balaban J connectivity index is 2.09. The summed E-state index contributed by atoms with van der Waals surface area (Å²) in [6.07, 6.45) is 2.59. The van der Waals surface area contributed by atoms with E-state index in [1.165, 1.54) is 0 Å². The Labute approximate surface area is 99.8 Å². The fraction of sp³-hybridized carbons (Fsp3) is 0.545. The Kier molecular flexibility index (Phi) is 3.21. The van der Waals surface area contributed by atoms with Gasteiger partial charge in [0, 0.05) is 25.3 Å². The van der Waals surface area contributed by atoms with E-state index in [-0.39, 0.29) is 11.9 Å². The van der Waals surface area contributed by atoms with Crippen molar-refractivity contribution in [2.75, 3.05) is 13.1 Å². The number of likely N-dealkylation sites (tertiary alicyclic amines) is 1. The van der Waals surface area contributed by atoms with Crippen LogP contribution in [0.2, 0.25) is 5.02 Å². The SMILES string of the molecule is CC1CC(N)CN(C(=O)c2cc(Cl)c[nH]2)C1. The topological polar surface area (TPSA) is 62.1 Å². The smallest absolute Gasteiger partial charge is 0.270 e. The number of piperidine rings is 1. The molecule has 1 aromatic heterocycles. The van der Waals surface area contributed by atoms with Crippen molar-refractivity contribution in [2.24, 2.45) is 11.7 Å². The minimum atomic E-state index is -0.0195. The van der Waals surface area contributed by atoms with Crippen molar-refractivity contribution in [1.82, 2.24) is 9.88 Å². The maximum atomic E-state index is 12.1. The number of nitrogens with two attached hydrogens (primary N) is 1. The second kappa shape index (κ2) is 4.47. The molecule has 1 amide bonds. The van der Waals surface area contributed by atoms with Crippen LogP contribution in [-0.2, 0) is 0 Å². The normalized spacial score (nSPS) is 25.8. The summed E-state index contributed by atoms with van der Waals surface area (Å²) in [4.78, 5) is 16.7. The third kappa shape index (κ3) is 2.39. The molecule has 1 fully saturated rings. The number of carbonyl (C=O) groups excluding carboxylic acids is 1. The van der Waals surface area contributed by atoms with Crippen molar-refractivity contribution >= 4 is 17.5 Å². The van der Waals surface area contributed by atoms with E-state index in [9.17, 15) is 4.79 Å². The molecule has 1 aromatic rings. The van der Waals surface area contributed by atoms with Crippen molar-refractivity contribution in [2.45, 2.75) is 19.4 Å². The van der Waals surface area contributed by atoms with Gasteiger partial charge in [0.2, 0.25) is 0 Å². The molecular formula is C11H16ClN3O. The Hall–Kier alpha value is -1.00. The summed E-state index contributed by atoms with van der Waals surface area (Å²) in [6.45, 7) is 3.50. The van der Waals surface area contributed by atoms with Crippen LogP contribution in [0.3, 0.4) is 0 Å². The van der Waals surface area contributed by atoms with Gasteiger partial charge in [-0.15, -0.1) is 0 Å². The second-order valence-electron chi connectivity index (χ2n) is 4.54. The number of nitrogens with one attached hydrogen (secondary N) is 1. The van der Waals surface area contributed by atoms with E-state index < -0.39 is 0 Å². The molecule has 1 aliphatic rings. The van der Waals surface area contributed by atoms with E-state index in [1.54, 1.807) is 17.2 Å². The number of carbonyl (C=O) groups is 1. The number of nitrogens with zero attached hydrogens (tertiary/aromatic N) is 1. The molecule has 2 rings (SSSR count). The zero-order valence-electron chi connectivity index (χ0n) is 9.24. The number of H-pyrrole nitrogens is 1. The summed E-state index contributed by atoms with van der Waals surface area (Å²) in [5, 5.41) is 0.553.